The van der Waals surface area contributed by atoms with Crippen LogP contribution in [0.3, 0.4) is 0 Å². The average molecular weight is 540 g/mol. The molecule has 37 heavy (non-hydrogen) atoms. The van der Waals surface area contributed by atoms with Crippen molar-refractivity contribution in [2.24, 2.45) is 0 Å². The maximum atomic E-state index is 13.9. The van der Waals surface area contributed by atoms with Gasteiger partial charge in [-0.05, 0) is 47.3 Å². The second-order valence-corrected chi connectivity index (χ2v) is 10.0. The van der Waals surface area contributed by atoms with Crippen LogP contribution in [0.2, 0.25) is 5.02 Å². The number of nitrogens with one attached hydrogen (secondary N) is 1. The van der Waals surface area contributed by atoms with Crippen LogP contribution in [0, 0.1) is 5.82 Å². The first kappa shape index (κ1) is 24.5. The molecule has 0 bridgehead atoms. The number of aromatic nitrogens is 2. The van der Waals surface area contributed by atoms with Crippen LogP contribution in [0.4, 0.5) is 10.2 Å². The molecule has 1 N–H and O–H groups in total. The molecule has 5 rings (SSSR count). The number of rotatable bonds is 7. The molecule has 0 aliphatic heterocycles. The molecule has 0 amide bonds. The molecule has 188 valence electrons. The minimum atomic E-state index is -3.94. The van der Waals surface area contributed by atoms with Crippen molar-refractivity contribution in [3.63, 3.8) is 0 Å². The molecule has 2 aromatic heterocycles. The SMILES string of the molecule is COc1cc(-c2cccc(F)c2)c(Cl)cc1-c1c(OC)ncc2cc(S(=O)(=O)Nc3ccon3)ccc12. The summed E-state index contributed by atoms with van der Waals surface area (Å²) in [6.07, 6.45) is 2.78. The molecule has 8 nitrogen and oxygen atoms in total. The molecule has 0 atom stereocenters. The van der Waals surface area contributed by atoms with E-state index in [9.17, 15) is 12.8 Å². The predicted octanol–water partition coefficient (Wildman–Crippen LogP) is 6.17. The number of methoxy groups -OCH3 is 2. The summed E-state index contributed by atoms with van der Waals surface area (Å²) in [5.41, 5.74) is 2.30. The molecule has 2 heterocycles. The number of pyridine rings is 1. The Morgan fingerprint density at radius 3 is 2.54 bits per heavy atom. The Bertz CT molecular complexity index is 1730. The van der Waals surface area contributed by atoms with E-state index in [2.05, 4.69) is 19.4 Å². The first-order valence-electron chi connectivity index (χ1n) is 10.8. The van der Waals surface area contributed by atoms with Gasteiger partial charge in [0.1, 0.15) is 17.8 Å². The number of ether oxygens (including phenoxy) is 2. The van der Waals surface area contributed by atoms with E-state index in [0.717, 1.165) is 0 Å². The van der Waals surface area contributed by atoms with E-state index in [-0.39, 0.29) is 22.4 Å². The molecule has 0 unspecified atom stereocenters. The first-order valence-corrected chi connectivity index (χ1v) is 12.7. The van der Waals surface area contributed by atoms with Crippen molar-refractivity contribution in [2.75, 3.05) is 18.9 Å². The average Bonchev–Trinajstić information content (AvgIpc) is 3.39. The maximum Gasteiger partial charge on any atom is 0.263 e. The van der Waals surface area contributed by atoms with E-state index in [4.69, 9.17) is 21.1 Å². The standard InChI is InChI=1S/C26H19ClFN3O5S/c1-34-23-13-20(15-4-3-5-17(28)10-15)22(27)12-21(23)25-19-7-6-18(11-16(19)14-29-26(25)35-2)37(32,33)31-24-8-9-36-30-24/h3-14H,1-2H3,(H,30,31). The second-order valence-electron chi connectivity index (χ2n) is 7.92. The largest absolute Gasteiger partial charge is 0.496 e. The van der Waals surface area contributed by atoms with Crippen molar-refractivity contribution >= 4 is 38.2 Å². The van der Waals surface area contributed by atoms with E-state index in [1.54, 1.807) is 30.3 Å². The maximum absolute atomic E-state index is 13.9. The van der Waals surface area contributed by atoms with Gasteiger partial charge in [0.05, 0.1) is 24.7 Å². The van der Waals surface area contributed by atoms with Crippen molar-refractivity contribution in [1.82, 2.24) is 10.1 Å². The van der Waals surface area contributed by atoms with Crippen LogP contribution in [0.1, 0.15) is 0 Å². The summed E-state index contributed by atoms with van der Waals surface area (Å²) in [4.78, 5) is 4.39. The quantitative estimate of drug-likeness (QED) is 0.264. The van der Waals surface area contributed by atoms with Crippen LogP contribution in [0.15, 0.2) is 82.5 Å². The summed E-state index contributed by atoms with van der Waals surface area (Å²) in [5, 5.41) is 5.13. The lowest BCUT2D eigenvalue weighted by molar-refractivity contribution is 0.398. The van der Waals surface area contributed by atoms with Gasteiger partial charge in [-0.1, -0.05) is 35.0 Å². The Morgan fingerprint density at radius 1 is 1.00 bits per heavy atom. The van der Waals surface area contributed by atoms with E-state index < -0.39 is 10.0 Å². The fourth-order valence-electron chi connectivity index (χ4n) is 4.02. The van der Waals surface area contributed by atoms with E-state index in [1.807, 2.05) is 0 Å². The molecule has 0 spiro atoms. The Morgan fingerprint density at radius 2 is 1.84 bits per heavy atom. The molecule has 0 fully saturated rings. The second kappa shape index (κ2) is 9.72. The topological polar surface area (TPSA) is 104 Å². The molecule has 0 saturated carbocycles. The zero-order chi connectivity index (χ0) is 26.2. The highest BCUT2D eigenvalue weighted by Crippen LogP contribution is 2.45. The van der Waals surface area contributed by atoms with Crippen LogP contribution in [-0.4, -0.2) is 32.8 Å². The Balaban J connectivity index is 1.67. The van der Waals surface area contributed by atoms with Crippen LogP contribution in [-0.2, 0) is 10.0 Å². The van der Waals surface area contributed by atoms with Gasteiger partial charge in [-0.25, -0.2) is 17.8 Å². The minimum absolute atomic E-state index is 0.00682. The Labute approximate surface area is 216 Å². The summed E-state index contributed by atoms with van der Waals surface area (Å²) >= 11 is 6.65. The lowest BCUT2D eigenvalue weighted by Gasteiger charge is -2.17. The zero-order valence-electron chi connectivity index (χ0n) is 19.5. The number of fused-ring (bicyclic) bond motifs is 1. The van der Waals surface area contributed by atoms with Gasteiger partial charge in [0, 0.05) is 33.8 Å². The normalized spacial score (nSPS) is 11.5. The number of nitrogens with zero attached hydrogens (tertiary/aromatic N) is 2. The van der Waals surface area contributed by atoms with Gasteiger partial charge in [-0.3, -0.25) is 4.72 Å². The number of hydrogen-bond acceptors (Lipinski definition) is 7. The molecule has 0 radical (unpaired) electrons. The highest BCUT2D eigenvalue weighted by molar-refractivity contribution is 7.92. The number of sulfonamides is 1. The minimum Gasteiger partial charge on any atom is -0.496 e. The fourth-order valence-corrected chi connectivity index (χ4v) is 5.32. The van der Waals surface area contributed by atoms with Crippen LogP contribution in [0.5, 0.6) is 11.6 Å². The van der Waals surface area contributed by atoms with Crippen LogP contribution >= 0.6 is 11.6 Å². The first-order chi connectivity index (χ1) is 17.8. The third-order valence-electron chi connectivity index (χ3n) is 5.70. The summed E-state index contributed by atoms with van der Waals surface area (Å²) in [6, 6.07) is 15.5. The van der Waals surface area contributed by atoms with Crippen molar-refractivity contribution in [2.45, 2.75) is 4.90 Å². The summed E-state index contributed by atoms with van der Waals surface area (Å²) < 4.78 is 57.8. The third-order valence-corrected chi connectivity index (χ3v) is 7.37. The number of anilines is 1. The lowest BCUT2D eigenvalue weighted by atomic mass is 9.96. The molecule has 0 aliphatic carbocycles. The van der Waals surface area contributed by atoms with Crippen molar-refractivity contribution in [1.29, 1.82) is 0 Å². The van der Waals surface area contributed by atoms with Gasteiger partial charge in [0.2, 0.25) is 5.88 Å². The Hall–Kier alpha value is -4.15. The molecule has 0 aliphatic rings. The smallest absolute Gasteiger partial charge is 0.263 e. The Kier molecular flexibility index (Phi) is 6.45. The molecule has 0 saturated heterocycles. The van der Waals surface area contributed by atoms with Crippen molar-refractivity contribution in [3.05, 3.63) is 84.0 Å². The molecule has 3 aromatic carbocycles. The lowest BCUT2D eigenvalue weighted by Crippen LogP contribution is -2.13. The van der Waals surface area contributed by atoms with Gasteiger partial charge in [-0.2, -0.15) is 0 Å². The highest BCUT2D eigenvalue weighted by Gasteiger charge is 2.22. The summed E-state index contributed by atoms with van der Waals surface area (Å²) in [5.74, 6) is 0.407. The third kappa shape index (κ3) is 4.68. The summed E-state index contributed by atoms with van der Waals surface area (Å²) in [7, 11) is -0.948. The van der Waals surface area contributed by atoms with Crippen molar-refractivity contribution in [3.8, 4) is 33.9 Å². The number of halogens is 2. The number of benzene rings is 3. The van der Waals surface area contributed by atoms with E-state index in [1.165, 1.54) is 57.0 Å². The van der Waals surface area contributed by atoms with Gasteiger partial charge < -0.3 is 14.0 Å². The van der Waals surface area contributed by atoms with Crippen LogP contribution in [0.25, 0.3) is 33.0 Å². The fraction of sp³-hybridized carbons (Fsp3) is 0.0769. The molecule has 5 aromatic rings. The number of hydrogen-bond donors (Lipinski definition) is 1. The van der Waals surface area contributed by atoms with Gasteiger partial charge in [0.25, 0.3) is 10.0 Å². The van der Waals surface area contributed by atoms with Gasteiger partial charge >= 0.3 is 0 Å². The van der Waals surface area contributed by atoms with E-state index in [0.29, 0.717) is 43.8 Å². The molecular formula is C26H19ClFN3O5S. The van der Waals surface area contributed by atoms with Crippen molar-refractivity contribution < 1.29 is 26.8 Å². The predicted molar refractivity (Wildman–Crippen MR) is 138 cm³/mol. The van der Waals surface area contributed by atoms with Crippen LogP contribution < -0.4 is 14.2 Å². The highest BCUT2D eigenvalue weighted by atomic mass is 35.5. The monoisotopic (exact) mass is 539 g/mol. The van der Waals surface area contributed by atoms with Gasteiger partial charge in [0.15, 0.2) is 5.82 Å². The summed E-state index contributed by atoms with van der Waals surface area (Å²) in [6.45, 7) is 0. The molecular weight excluding hydrogens is 521 g/mol. The zero-order valence-corrected chi connectivity index (χ0v) is 21.1. The molecule has 11 heteroatoms. The van der Waals surface area contributed by atoms with E-state index >= 15 is 0 Å². The van der Waals surface area contributed by atoms with Gasteiger partial charge in [-0.15, -0.1) is 0 Å².